The van der Waals surface area contributed by atoms with E-state index < -0.39 is 17.3 Å². The average Bonchev–Trinajstić information content (AvgIpc) is 3.20. The van der Waals surface area contributed by atoms with Gasteiger partial charge in [-0.25, -0.2) is 4.52 Å². The number of hydrogen-bond acceptors (Lipinski definition) is 2. The molecule has 2 aromatic heterocycles. The monoisotopic (exact) mass is 419 g/mol. The fourth-order valence-corrected chi connectivity index (χ4v) is 3.85. The molecular formula is C24H16F3N3O. The van der Waals surface area contributed by atoms with E-state index in [9.17, 15) is 18.0 Å². The largest absolute Gasteiger partial charge is 0.416 e. The van der Waals surface area contributed by atoms with Gasteiger partial charge in [-0.05, 0) is 28.5 Å². The highest BCUT2D eigenvalue weighted by molar-refractivity contribution is 5.96. The summed E-state index contributed by atoms with van der Waals surface area (Å²) in [6.45, 7) is -0.181. The summed E-state index contributed by atoms with van der Waals surface area (Å²) in [6.07, 6.45) is -1.44. The summed E-state index contributed by atoms with van der Waals surface area (Å²) < 4.78 is 42.7. The molecule has 5 aromatic rings. The number of aromatic nitrogens is 3. The van der Waals surface area contributed by atoms with E-state index in [0.717, 1.165) is 22.4 Å². The molecule has 4 nitrogen and oxygen atoms in total. The predicted octanol–water partition coefficient (Wildman–Crippen LogP) is 5.38. The van der Waals surface area contributed by atoms with Crippen LogP contribution in [0.25, 0.3) is 27.5 Å². The van der Waals surface area contributed by atoms with Crippen LogP contribution in [-0.4, -0.2) is 14.2 Å². The Kier molecular flexibility index (Phi) is 4.39. The molecule has 0 saturated heterocycles. The van der Waals surface area contributed by atoms with E-state index in [1.807, 2.05) is 42.5 Å². The highest BCUT2D eigenvalue weighted by atomic mass is 19.4. The molecule has 0 amide bonds. The van der Waals surface area contributed by atoms with Gasteiger partial charge < -0.3 is 4.57 Å². The first-order valence-electron chi connectivity index (χ1n) is 9.64. The first-order valence-corrected chi connectivity index (χ1v) is 9.64. The van der Waals surface area contributed by atoms with Crippen LogP contribution < -0.4 is 5.56 Å². The zero-order valence-electron chi connectivity index (χ0n) is 16.2. The van der Waals surface area contributed by atoms with E-state index >= 15 is 0 Å². The molecule has 0 fully saturated rings. The molecule has 0 atom stereocenters. The van der Waals surface area contributed by atoms with Crippen LogP contribution in [0.5, 0.6) is 0 Å². The molecule has 0 aliphatic heterocycles. The van der Waals surface area contributed by atoms with Crippen molar-refractivity contribution in [2.24, 2.45) is 0 Å². The molecule has 0 saturated carbocycles. The van der Waals surface area contributed by atoms with Gasteiger partial charge in [0.25, 0.3) is 5.56 Å². The molecule has 0 unspecified atom stereocenters. The maximum atomic E-state index is 13.3. The van der Waals surface area contributed by atoms with Gasteiger partial charge in [0.05, 0.1) is 17.8 Å². The molecule has 31 heavy (non-hydrogen) atoms. The fourth-order valence-electron chi connectivity index (χ4n) is 3.85. The molecule has 0 N–H and O–H groups in total. The van der Waals surface area contributed by atoms with Crippen molar-refractivity contribution in [2.45, 2.75) is 12.7 Å². The van der Waals surface area contributed by atoms with Crippen molar-refractivity contribution in [3.63, 3.8) is 0 Å². The molecule has 5 rings (SSSR count). The summed E-state index contributed by atoms with van der Waals surface area (Å²) in [5.74, 6) is 0. The van der Waals surface area contributed by atoms with Gasteiger partial charge in [-0.3, -0.25) is 4.79 Å². The molecule has 7 heteroatoms. The molecule has 154 valence electrons. The zero-order chi connectivity index (χ0) is 21.6. The number of benzene rings is 3. The van der Waals surface area contributed by atoms with Gasteiger partial charge in [0.15, 0.2) is 0 Å². The van der Waals surface area contributed by atoms with Crippen molar-refractivity contribution in [1.82, 2.24) is 14.2 Å². The minimum atomic E-state index is -4.48. The molecule has 0 spiro atoms. The third-order valence-electron chi connectivity index (χ3n) is 5.33. The lowest BCUT2D eigenvalue weighted by Gasteiger charge is -2.13. The summed E-state index contributed by atoms with van der Waals surface area (Å²) in [5, 5.41) is 6.58. The Morgan fingerprint density at radius 3 is 2.45 bits per heavy atom. The van der Waals surface area contributed by atoms with E-state index in [0.29, 0.717) is 11.2 Å². The number of rotatable bonds is 3. The van der Waals surface area contributed by atoms with Crippen LogP contribution in [0, 0.1) is 0 Å². The first kappa shape index (κ1) is 19.1. The van der Waals surface area contributed by atoms with Crippen LogP contribution in [0.1, 0.15) is 11.1 Å². The molecule has 0 aliphatic carbocycles. The SMILES string of the molecule is O=c1c2cc(-c3cccc4ccccc34)nn2ccn1Cc1ccccc1C(F)(F)F. The highest BCUT2D eigenvalue weighted by Crippen LogP contribution is 2.32. The molecule has 3 aromatic carbocycles. The van der Waals surface area contributed by atoms with Gasteiger partial charge in [-0.1, -0.05) is 60.7 Å². The van der Waals surface area contributed by atoms with Crippen LogP contribution in [0.2, 0.25) is 0 Å². The lowest BCUT2D eigenvalue weighted by Crippen LogP contribution is -2.23. The Labute approximate surface area is 174 Å². The summed E-state index contributed by atoms with van der Waals surface area (Å²) in [4.78, 5) is 13.0. The van der Waals surface area contributed by atoms with E-state index in [4.69, 9.17) is 0 Å². The standard InChI is InChI=1S/C24H16F3N3O/c25-24(26,27)20-11-4-2-7-17(20)15-29-12-13-30-22(23(29)31)14-21(28-30)19-10-5-8-16-6-1-3-9-18(16)19/h1-14H,15H2. The minimum Gasteiger partial charge on any atom is -0.308 e. The van der Waals surface area contributed by atoms with Gasteiger partial charge in [-0.2, -0.15) is 18.3 Å². The highest BCUT2D eigenvalue weighted by Gasteiger charge is 2.32. The Morgan fingerprint density at radius 1 is 0.871 bits per heavy atom. The van der Waals surface area contributed by atoms with Crippen molar-refractivity contribution >= 4 is 16.3 Å². The van der Waals surface area contributed by atoms with E-state index in [-0.39, 0.29) is 12.1 Å². The predicted molar refractivity (Wildman–Crippen MR) is 113 cm³/mol. The van der Waals surface area contributed by atoms with Gasteiger partial charge in [0.1, 0.15) is 5.52 Å². The Morgan fingerprint density at radius 2 is 1.61 bits per heavy atom. The van der Waals surface area contributed by atoms with Crippen molar-refractivity contribution in [2.75, 3.05) is 0 Å². The second-order valence-corrected chi connectivity index (χ2v) is 7.27. The number of hydrogen-bond donors (Lipinski definition) is 0. The van der Waals surface area contributed by atoms with Crippen molar-refractivity contribution in [3.8, 4) is 11.3 Å². The van der Waals surface area contributed by atoms with Crippen LogP contribution in [0.15, 0.2) is 90.0 Å². The van der Waals surface area contributed by atoms with Crippen LogP contribution >= 0.6 is 0 Å². The minimum absolute atomic E-state index is 0.0373. The topological polar surface area (TPSA) is 39.3 Å². The lowest BCUT2D eigenvalue weighted by atomic mass is 10.0. The molecular weight excluding hydrogens is 403 g/mol. The maximum absolute atomic E-state index is 13.3. The average molecular weight is 419 g/mol. The van der Waals surface area contributed by atoms with Gasteiger partial charge >= 0.3 is 6.18 Å². The number of fused-ring (bicyclic) bond motifs is 2. The summed E-state index contributed by atoms with van der Waals surface area (Å²) in [7, 11) is 0. The van der Waals surface area contributed by atoms with Crippen LogP contribution in [0.3, 0.4) is 0 Å². The number of nitrogens with zero attached hydrogens (tertiary/aromatic N) is 3. The second-order valence-electron chi connectivity index (χ2n) is 7.27. The van der Waals surface area contributed by atoms with Crippen molar-refractivity contribution in [1.29, 1.82) is 0 Å². The van der Waals surface area contributed by atoms with Crippen molar-refractivity contribution in [3.05, 3.63) is 107 Å². The van der Waals surface area contributed by atoms with Crippen LogP contribution in [0.4, 0.5) is 13.2 Å². The normalized spacial score (nSPS) is 12.0. The first-order chi connectivity index (χ1) is 14.9. The molecule has 0 radical (unpaired) electrons. The molecule has 2 heterocycles. The summed E-state index contributed by atoms with van der Waals surface area (Å²) in [6, 6.07) is 20.7. The third kappa shape index (κ3) is 3.38. The van der Waals surface area contributed by atoms with E-state index in [2.05, 4.69) is 5.10 Å². The summed E-state index contributed by atoms with van der Waals surface area (Å²) >= 11 is 0. The molecule has 0 aliphatic rings. The van der Waals surface area contributed by atoms with Gasteiger partial charge in [-0.15, -0.1) is 0 Å². The second kappa shape index (κ2) is 7.12. The Hall–Kier alpha value is -3.87. The number of halogens is 3. The fraction of sp³-hybridized carbons (Fsp3) is 0.0833. The molecule has 0 bridgehead atoms. The summed E-state index contributed by atoms with van der Waals surface area (Å²) in [5.41, 5.74) is 0.702. The van der Waals surface area contributed by atoms with Crippen LogP contribution in [-0.2, 0) is 12.7 Å². The maximum Gasteiger partial charge on any atom is 0.416 e. The Balaban J connectivity index is 1.60. The zero-order valence-corrected chi connectivity index (χ0v) is 16.2. The quantitative estimate of drug-likeness (QED) is 0.394. The number of alkyl halides is 3. The van der Waals surface area contributed by atoms with Gasteiger partial charge in [0.2, 0.25) is 0 Å². The third-order valence-corrected chi connectivity index (χ3v) is 5.33. The van der Waals surface area contributed by atoms with E-state index in [1.54, 1.807) is 12.3 Å². The Bertz CT molecular complexity index is 1480. The van der Waals surface area contributed by atoms with E-state index in [1.165, 1.54) is 33.5 Å². The smallest absolute Gasteiger partial charge is 0.308 e. The van der Waals surface area contributed by atoms with Crippen molar-refractivity contribution < 1.29 is 13.2 Å². The van der Waals surface area contributed by atoms with Gasteiger partial charge in [0, 0.05) is 18.0 Å². The lowest BCUT2D eigenvalue weighted by molar-refractivity contribution is -0.138.